The highest BCUT2D eigenvalue weighted by atomic mass is 15.0. The first kappa shape index (κ1) is 13.6. The zero-order valence-corrected chi connectivity index (χ0v) is 10.0. The minimum Gasteiger partial charge on any atom is -0.402 e. The van der Waals surface area contributed by atoms with E-state index in [1.807, 2.05) is 44.5 Å². The van der Waals surface area contributed by atoms with Crippen LogP contribution in [0, 0.1) is 6.92 Å². The molecule has 0 aliphatic rings. The van der Waals surface area contributed by atoms with Gasteiger partial charge in [-0.3, -0.25) is 0 Å². The molecule has 0 unspecified atom stereocenters. The first-order valence-corrected chi connectivity index (χ1v) is 5.15. The summed E-state index contributed by atoms with van der Waals surface area (Å²) in [6, 6.07) is 0. The second kappa shape index (κ2) is 6.14. The topological polar surface area (TPSA) is 83.0 Å². The fourth-order valence-electron chi connectivity index (χ4n) is 1.26. The van der Waals surface area contributed by atoms with Crippen LogP contribution in [-0.2, 0) is 6.67 Å². The van der Waals surface area contributed by atoms with Crippen molar-refractivity contribution in [3.8, 4) is 0 Å². The lowest BCUT2D eigenvalue weighted by Gasteiger charge is -2.02. The smallest absolute Gasteiger partial charge is 0.0701 e. The Morgan fingerprint density at radius 1 is 1.47 bits per heavy atom. The summed E-state index contributed by atoms with van der Waals surface area (Å²) < 4.78 is 1.88. The van der Waals surface area contributed by atoms with E-state index in [1.165, 1.54) is 0 Å². The minimum atomic E-state index is 0.414. The predicted molar refractivity (Wildman–Crippen MR) is 67.0 cm³/mol. The van der Waals surface area contributed by atoms with E-state index in [1.54, 1.807) is 0 Å². The van der Waals surface area contributed by atoms with Gasteiger partial charge in [0.25, 0.3) is 0 Å². The van der Waals surface area contributed by atoms with Crippen LogP contribution in [0.5, 0.6) is 0 Å². The summed E-state index contributed by atoms with van der Waals surface area (Å²) in [5.74, 6) is 0. The molecule has 0 radical (unpaired) electrons. The van der Waals surface area contributed by atoms with Gasteiger partial charge in [-0.2, -0.15) is 0 Å². The van der Waals surface area contributed by atoms with E-state index >= 15 is 0 Å². The molecule has 0 aliphatic carbocycles. The highest BCUT2D eigenvalue weighted by molar-refractivity contribution is 5.66. The van der Waals surface area contributed by atoms with Crippen LogP contribution in [0.4, 0.5) is 5.69 Å². The second-order valence-corrected chi connectivity index (χ2v) is 3.15. The number of anilines is 1. The average molecular weight is 210 g/mol. The van der Waals surface area contributed by atoms with E-state index in [0.29, 0.717) is 6.67 Å². The van der Waals surface area contributed by atoms with Crippen LogP contribution in [-0.4, -0.2) is 4.57 Å². The zero-order valence-electron chi connectivity index (χ0n) is 10.0. The first-order valence-electron chi connectivity index (χ1n) is 5.15. The van der Waals surface area contributed by atoms with Gasteiger partial charge in [-0.15, -0.1) is 0 Å². The standard InChI is InChI=1S/C9H16N4.C2H6/c1-6-4-13(5-10)8(9(6)12)3-7(2)11;1-2/h3-4H,5,10-12H2,1-2H3;1-2H3/b7-3-;. The maximum absolute atomic E-state index is 5.85. The largest absolute Gasteiger partial charge is 0.402 e. The number of aromatic nitrogens is 1. The molecule has 1 heterocycles. The Bertz CT molecular complexity index is 333. The van der Waals surface area contributed by atoms with Crippen LogP contribution in [0.3, 0.4) is 0 Å². The lowest BCUT2D eigenvalue weighted by molar-refractivity contribution is 0.730. The van der Waals surface area contributed by atoms with Crippen LogP contribution in [0.2, 0.25) is 0 Å². The lowest BCUT2D eigenvalue weighted by atomic mass is 10.2. The van der Waals surface area contributed by atoms with Gasteiger partial charge in [0.1, 0.15) is 0 Å². The summed E-state index contributed by atoms with van der Waals surface area (Å²) in [7, 11) is 0. The Labute approximate surface area is 91.7 Å². The SMILES string of the molecule is C/C(N)=C/c1c(N)c(C)cn1CN.CC. The van der Waals surface area contributed by atoms with Crippen molar-refractivity contribution in [3.05, 3.63) is 23.2 Å². The maximum Gasteiger partial charge on any atom is 0.0701 e. The van der Waals surface area contributed by atoms with Crippen molar-refractivity contribution in [2.75, 3.05) is 5.73 Å². The summed E-state index contributed by atoms with van der Waals surface area (Å²) in [6.07, 6.45) is 3.75. The van der Waals surface area contributed by atoms with Gasteiger partial charge in [0.05, 0.1) is 18.1 Å². The van der Waals surface area contributed by atoms with Crippen LogP contribution in [0.25, 0.3) is 6.08 Å². The fraction of sp³-hybridized carbons (Fsp3) is 0.455. The second-order valence-electron chi connectivity index (χ2n) is 3.15. The lowest BCUT2D eigenvalue weighted by Crippen LogP contribution is -2.08. The molecule has 1 aromatic rings. The van der Waals surface area contributed by atoms with Crippen molar-refractivity contribution in [1.29, 1.82) is 0 Å². The third kappa shape index (κ3) is 3.32. The number of aryl methyl sites for hydroxylation is 1. The summed E-state index contributed by atoms with van der Waals surface area (Å²) in [5.41, 5.74) is 20.4. The number of rotatable bonds is 2. The number of nitrogen functional groups attached to an aromatic ring is 1. The maximum atomic E-state index is 5.85. The summed E-state index contributed by atoms with van der Waals surface area (Å²) in [4.78, 5) is 0. The van der Waals surface area contributed by atoms with Gasteiger partial charge < -0.3 is 21.8 Å². The molecule has 0 spiro atoms. The Kier molecular flexibility index (Phi) is 5.56. The molecule has 0 aliphatic heterocycles. The molecule has 0 fully saturated rings. The van der Waals surface area contributed by atoms with Crippen LogP contribution < -0.4 is 17.2 Å². The molecule has 0 aromatic carbocycles. The van der Waals surface area contributed by atoms with Gasteiger partial charge in [-0.05, 0) is 25.5 Å². The van der Waals surface area contributed by atoms with Gasteiger partial charge in [0, 0.05) is 11.9 Å². The van der Waals surface area contributed by atoms with E-state index in [2.05, 4.69) is 0 Å². The molecular weight excluding hydrogens is 188 g/mol. The van der Waals surface area contributed by atoms with Gasteiger partial charge >= 0.3 is 0 Å². The molecule has 0 saturated carbocycles. The number of hydrogen-bond acceptors (Lipinski definition) is 3. The van der Waals surface area contributed by atoms with Crippen molar-refractivity contribution in [2.45, 2.75) is 34.4 Å². The Morgan fingerprint density at radius 3 is 2.40 bits per heavy atom. The molecule has 1 rings (SSSR count). The van der Waals surface area contributed by atoms with E-state index in [9.17, 15) is 0 Å². The number of nitrogens with zero attached hydrogens (tertiary/aromatic N) is 1. The molecule has 6 N–H and O–H groups in total. The van der Waals surface area contributed by atoms with Crippen LogP contribution in [0.1, 0.15) is 32.0 Å². The Hall–Kier alpha value is -1.42. The van der Waals surface area contributed by atoms with Crippen LogP contribution >= 0.6 is 0 Å². The molecular formula is C11H22N4. The molecule has 0 atom stereocenters. The van der Waals surface area contributed by atoms with Gasteiger partial charge in [-0.25, -0.2) is 0 Å². The molecule has 15 heavy (non-hydrogen) atoms. The molecule has 1 aromatic heterocycles. The highest BCUT2D eigenvalue weighted by Gasteiger charge is 2.06. The molecule has 0 amide bonds. The highest BCUT2D eigenvalue weighted by Crippen LogP contribution is 2.20. The van der Waals surface area contributed by atoms with E-state index in [4.69, 9.17) is 17.2 Å². The minimum absolute atomic E-state index is 0.414. The van der Waals surface area contributed by atoms with E-state index in [0.717, 1.165) is 22.6 Å². The number of allylic oxidation sites excluding steroid dienone is 1. The predicted octanol–water partition coefficient (Wildman–Crippen LogP) is 1.64. The molecule has 0 saturated heterocycles. The van der Waals surface area contributed by atoms with Crippen molar-refractivity contribution in [3.63, 3.8) is 0 Å². The monoisotopic (exact) mass is 210 g/mol. The van der Waals surface area contributed by atoms with Crippen molar-refractivity contribution in [1.82, 2.24) is 4.57 Å². The van der Waals surface area contributed by atoms with Gasteiger partial charge in [0.15, 0.2) is 0 Å². The first-order chi connectivity index (χ1) is 7.06. The van der Waals surface area contributed by atoms with Crippen LogP contribution in [0.15, 0.2) is 11.9 Å². The normalized spacial score (nSPS) is 10.9. The molecule has 4 heteroatoms. The quantitative estimate of drug-likeness (QED) is 0.694. The van der Waals surface area contributed by atoms with Gasteiger partial charge in [0.2, 0.25) is 0 Å². The molecule has 0 bridgehead atoms. The van der Waals surface area contributed by atoms with Crippen molar-refractivity contribution >= 4 is 11.8 Å². The van der Waals surface area contributed by atoms with Gasteiger partial charge in [-0.1, -0.05) is 13.8 Å². The molecule has 4 nitrogen and oxygen atoms in total. The Balaban J connectivity index is 0.000000921. The van der Waals surface area contributed by atoms with Crippen molar-refractivity contribution in [2.24, 2.45) is 11.5 Å². The Morgan fingerprint density at radius 2 is 2.00 bits per heavy atom. The summed E-state index contributed by atoms with van der Waals surface area (Å²) >= 11 is 0. The van der Waals surface area contributed by atoms with E-state index < -0.39 is 0 Å². The third-order valence-corrected chi connectivity index (χ3v) is 1.92. The average Bonchev–Trinajstić information content (AvgIpc) is 2.48. The molecule has 86 valence electrons. The fourth-order valence-corrected chi connectivity index (χ4v) is 1.26. The van der Waals surface area contributed by atoms with Crippen molar-refractivity contribution < 1.29 is 0 Å². The zero-order chi connectivity index (χ0) is 12.0. The summed E-state index contributed by atoms with van der Waals surface area (Å²) in [5, 5.41) is 0. The number of nitrogens with two attached hydrogens (primary N) is 3. The van der Waals surface area contributed by atoms with E-state index in [-0.39, 0.29) is 0 Å². The number of hydrogen-bond donors (Lipinski definition) is 3. The third-order valence-electron chi connectivity index (χ3n) is 1.92. The summed E-state index contributed by atoms with van der Waals surface area (Å²) in [6.45, 7) is 8.18.